The Labute approximate surface area is 256 Å². The number of benzene rings is 4. The van der Waals surface area contributed by atoms with Crippen molar-refractivity contribution in [1.29, 1.82) is 0 Å². The predicted octanol–water partition coefficient (Wildman–Crippen LogP) is 6.48. The van der Waals surface area contributed by atoms with E-state index < -0.39 is 21.7 Å². The van der Waals surface area contributed by atoms with Gasteiger partial charge in [0.2, 0.25) is 16.3 Å². The molecule has 1 N–H and O–H groups in total. The zero-order valence-electron chi connectivity index (χ0n) is 26.3. The van der Waals surface area contributed by atoms with Crippen LogP contribution in [0.5, 0.6) is 11.5 Å². The average molecular weight is 623 g/mol. The second-order valence-corrected chi connectivity index (χ2v) is 12.8. The van der Waals surface area contributed by atoms with Crippen LogP contribution in [-0.2, 0) is 9.13 Å². The van der Waals surface area contributed by atoms with Crippen molar-refractivity contribution in [2.24, 2.45) is 0 Å². The minimum Gasteiger partial charge on any atom is -0.591 e. The van der Waals surface area contributed by atoms with E-state index in [9.17, 15) is 18.9 Å². The van der Waals surface area contributed by atoms with Crippen molar-refractivity contribution in [2.45, 2.75) is 26.9 Å². The molecule has 3 aromatic carbocycles. The van der Waals surface area contributed by atoms with Crippen LogP contribution >= 0.6 is 16.1 Å². The fourth-order valence-corrected chi connectivity index (χ4v) is 6.70. The van der Waals surface area contributed by atoms with Gasteiger partial charge in [-0.15, -0.1) is 0 Å². The second-order valence-electron chi connectivity index (χ2n) is 10.7. The molecule has 3 aromatic rings. The third-order valence-electron chi connectivity index (χ3n) is 7.24. The molecule has 2 aliphatic heterocycles. The van der Waals surface area contributed by atoms with E-state index in [1.54, 1.807) is 12.1 Å². The Hall–Kier alpha value is -3.93. The fourth-order valence-electron chi connectivity index (χ4n) is 5.03. The van der Waals surface area contributed by atoms with E-state index in [-0.39, 0.29) is 7.43 Å². The van der Waals surface area contributed by atoms with Crippen molar-refractivity contribution >= 4 is 38.0 Å². The SMILES string of the molecule is C.Cc1ccc2c([P+](=O)[O-])c3ccc(=[N+](C)C)cc-3oc2c1.Cc1ccc2c(c1)Oc1cc(N(C)C)ccc1C2[P+](=O)O.[2H][2H]. The molecule has 3 unspecified atom stereocenters. The van der Waals surface area contributed by atoms with Gasteiger partial charge in [0.05, 0.1) is 28.1 Å². The lowest BCUT2D eigenvalue weighted by Crippen LogP contribution is -2.22. The summed E-state index contributed by atoms with van der Waals surface area (Å²) in [4.78, 5) is 23.5. The van der Waals surface area contributed by atoms with Crippen LogP contribution in [0.4, 0.5) is 5.69 Å². The van der Waals surface area contributed by atoms with Gasteiger partial charge in [-0.1, -0.05) is 24.1 Å². The van der Waals surface area contributed by atoms with Crippen molar-refractivity contribution in [1.82, 2.24) is 4.58 Å². The summed E-state index contributed by atoms with van der Waals surface area (Å²) in [5.41, 5.74) is 5.30. The first-order valence-electron chi connectivity index (χ1n) is 14.3. The summed E-state index contributed by atoms with van der Waals surface area (Å²) in [5, 5.41) is 1.92. The summed E-state index contributed by atoms with van der Waals surface area (Å²) >= 11 is 0. The molecular formula is C33H38N2O6P2+2. The second kappa shape index (κ2) is 12.7. The highest BCUT2D eigenvalue weighted by Gasteiger charge is 2.41. The number of rotatable bonds is 3. The number of anilines is 1. The fraction of sp³-hybridized carbons (Fsp3) is 0.242. The van der Waals surface area contributed by atoms with E-state index in [0.717, 1.165) is 33.3 Å². The lowest BCUT2D eigenvalue weighted by molar-refractivity contribution is -0.160. The minimum atomic E-state index is -2.70. The molecule has 10 heteroatoms. The number of hydrogen-bond donors (Lipinski definition) is 1. The van der Waals surface area contributed by atoms with Gasteiger partial charge in [0.1, 0.15) is 36.9 Å². The van der Waals surface area contributed by atoms with E-state index in [2.05, 4.69) is 0 Å². The van der Waals surface area contributed by atoms with Gasteiger partial charge in [-0.25, -0.2) is 4.58 Å². The van der Waals surface area contributed by atoms with Gasteiger partial charge in [0.25, 0.3) is 0 Å². The maximum absolute atomic E-state index is 11.9. The van der Waals surface area contributed by atoms with Gasteiger partial charge in [-0.05, 0) is 72.0 Å². The Kier molecular flexibility index (Phi) is 9.05. The normalized spacial score (nSPS) is 14.1. The van der Waals surface area contributed by atoms with Crippen LogP contribution in [0.3, 0.4) is 0 Å². The zero-order valence-corrected chi connectivity index (χ0v) is 26.1. The number of aryl methyl sites for hydroxylation is 2. The van der Waals surface area contributed by atoms with Gasteiger partial charge in [-0.3, -0.25) is 0 Å². The topological polar surface area (TPSA) is 106 Å². The average Bonchev–Trinajstić information content (AvgIpc) is 2.98. The van der Waals surface area contributed by atoms with E-state index in [1.807, 2.05) is 112 Å². The van der Waals surface area contributed by atoms with Crippen molar-refractivity contribution in [3.8, 4) is 22.8 Å². The van der Waals surface area contributed by atoms with Crippen LogP contribution in [-0.4, -0.2) is 33.1 Å². The lowest BCUT2D eigenvalue weighted by Gasteiger charge is -2.23. The molecule has 2 heterocycles. The third kappa shape index (κ3) is 6.39. The molecule has 3 atom stereocenters. The van der Waals surface area contributed by atoms with Crippen LogP contribution in [0, 0.1) is 13.8 Å². The van der Waals surface area contributed by atoms with Crippen LogP contribution in [0.25, 0.3) is 22.3 Å². The summed E-state index contributed by atoms with van der Waals surface area (Å²) in [7, 11) is 2.69. The smallest absolute Gasteiger partial charge is 0.518 e. The molecule has 0 amide bonds. The molecule has 43 heavy (non-hydrogen) atoms. The minimum absolute atomic E-state index is 0. The Morgan fingerprint density at radius 3 is 2.16 bits per heavy atom. The molecule has 0 aromatic heterocycles. The summed E-state index contributed by atoms with van der Waals surface area (Å²) in [6.45, 7) is 3.93. The summed E-state index contributed by atoms with van der Waals surface area (Å²) < 4.78 is 47.4. The molecule has 8 nitrogen and oxygen atoms in total. The van der Waals surface area contributed by atoms with Gasteiger partial charge >= 0.3 is 16.1 Å². The molecule has 0 fully saturated rings. The number of hydrogen-bond acceptors (Lipinski definition) is 6. The Balaban J connectivity index is 0.000000228. The molecule has 1 aliphatic carbocycles. The quantitative estimate of drug-likeness (QED) is 0.140. The first kappa shape index (κ1) is 30.5. The van der Waals surface area contributed by atoms with Crippen molar-refractivity contribution < 1.29 is 31.0 Å². The van der Waals surface area contributed by atoms with E-state index >= 15 is 0 Å². The molecule has 224 valence electrons. The molecule has 0 bridgehead atoms. The molecule has 3 aliphatic rings. The molecule has 6 rings (SSSR count). The number of fused-ring (bicyclic) bond motifs is 4. The van der Waals surface area contributed by atoms with E-state index in [0.29, 0.717) is 39.1 Å². The van der Waals surface area contributed by atoms with Crippen LogP contribution in [0.15, 0.2) is 77.2 Å². The van der Waals surface area contributed by atoms with Crippen molar-refractivity contribution in [3.63, 3.8) is 0 Å². The van der Waals surface area contributed by atoms with Gasteiger partial charge in [0, 0.05) is 34.9 Å². The van der Waals surface area contributed by atoms with Crippen molar-refractivity contribution in [3.05, 3.63) is 100 Å². The zero-order chi connectivity index (χ0) is 32.3. The van der Waals surface area contributed by atoms with E-state index in [4.69, 9.17) is 12.1 Å². The molecule has 0 saturated carbocycles. The van der Waals surface area contributed by atoms with Gasteiger partial charge in [-0.2, -0.15) is 4.89 Å². The molecule has 0 saturated heterocycles. The predicted molar refractivity (Wildman–Crippen MR) is 174 cm³/mol. The largest absolute Gasteiger partial charge is 0.591 e. The highest BCUT2D eigenvalue weighted by Crippen LogP contribution is 2.54. The standard InChI is InChI=1S/C16H16NO3P.C16H15NO3P.CH4.H2/c2*1-10-4-6-12-14(8-10)20-15-9-11(17(2)3)5-7-13(15)16(12)21(18)19;;/h4-9,16H,1-3H3;4-9H,1-3H3;1H4;1H/q;+1;;/p+1/i;;;1+1D. The third-order valence-corrected chi connectivity index (χ3v) is 9.09. The Bertz CT molecular complexity index is 1920. The Morgan fingerprint density at radius 2 is 1.53 bits per heavy atom. The maximum atomic E-state index is 11.9. The van der Waals surface area contributed by atoms with Crippen LogP contribution < -0.4 is 29.8 Å². The molecule has 0 radical (unpaired) electrons. The highest BCUT2D eigenvalue weighted by atomic mass is 31.1. The van der Waals surface area contributed by atoms with E-state index in [1.165, 1.54) is 0 Å². The Morgan fingerprint density at radius 1 is 0.907 bits per heavy atom. The summed E-state index contributed by atoms with van der Waals surface area (Å²) in [6.07, 6.45) is 0. The number of ether oxygens (including phenoxy) is 1. The van der Waals surface area contributed by atoms with Crippen LogP contribution in [0.1, 0.15) is 38.3 Å². The highest BCUT2D eigenvalue weighted by molar-refractivity contribution is 7.47. The van der Waals surface area contributed by atoms with Gasteiger partial charge < -0.3 is 18.9 Å². The summed E-state index contributed by atoms with van der Waals surface area (Å²) in [5.74, 6) is 1.90. The lowest BCUT2D eigenvalue weighted by atomic mass is 9.98. The summed E-state index contributed by atoms with van der Waals surface area (Å²) in [6, 6.07) is 22.5. The maximum Gasteiger partial charge on any atom is 0.518 e. The molecular weight excluding hydrogens is 582 g/mol. The van der Waals surface area contributed by atoms with Gasteiger partial charge in [0.15, 0.2) is 0 Å². The van der Waals surface area contributed by atoms with Crippen molar-refractivity contribution in [2.75, 3.05) is 33.1 Å². The first-order chi connectivity index (χ1) is 20.9. The first-order valence-corrected chi connectivity index (χ1v) is 15.8. The van der Waals surface area contributed by atoms with Crippen LogP contribution in [0.2, 0.25) is 0 Å². The number of nitrogens with zero attached hydrogens (tertiary/aromatic N) is 2. The molecule has 0 spiro atoms. The monoisotopic (exact) mass is 622 g/mol.